The molecule has 0 bridgehead atoms. The molecule has 0 aliphatic heterocycles. The van der Waals surface area contributed by atoms with Gasteiger partial charge in [-0.1, -0.05) is 159 Å². The average molecular weight is 739 g/mol. The summed E-state index contributed by atoms with van der Waals surface area (Å²) in [6, 6.07) is -0.881. The van der Waals surface area contributed by atoms with Crippen LogP contribution in [0, 0.1) is 0 Å². The van der Waals surface area contributed by atoms with Gasteiger partial charge in [-0.3, -0.25) is 13.8 Å². The molecule has 1 amide bonds. The highest BCUT2D eigenvalue weighted by atomic mass is 31.2. The normalized spacial score (nSPS) is 14.7. The summed E-state index contributed by atoms with van der Waals surface area (Å²) in [4.78, 5) is 22.6. The van der Waals surface area contributed by atoms with Gasteiger partial charge in [0.05, 0.1) is 25.4 Å². The number of nitrogens with two attached hydrogens (primary N) is 1. The molecule has 8 nitrogen and oxygen atoms in total. The van der Waals surface area contributed by atoms with Crippen LogP contribution < -0.4 is 11.1 Å². The fourth-order valence-corrected chi connectivity index (χ4v) is 6.47. The van der Waals surface area contributed by atoms with Gasteiger partial charge in [-0.2, -0.15) is 0 Å². The van der Waals surface area contributed by atoms with E-state index in [4.69, 9.17) is 14.8 Å². The van der Waals surface area contributed by atoms with Crippen LogP contribution in [0.15, 0.2) is 48.6 Å². The van der Waals surface area contributed by atoms with Crippen molar-refractivity contribution in [3.05, 3.63) is 48.6 Å². The van der Waals surface area contributed by atoms with Crippen molar-refractivity contribution in [2.24, 2.45) is 5.73 Å². The Balaban J connectivity index is 4.31. The number of carbonyl (C=O) groups excluding carboxylic acids is 1. The molecule has 51 heavy (non-hydrogen) atoms. The second kappa shape index (κ2) is 38.2. The van der Waals surface area contributed by atoms with E-state index >= 15 is 0 Å². The molecule has 0 spiro atoms. The number of hydrogen-bond acceptors (Lipinski definition) is 6. The van der Waals surface area contributed by atoms with Gasteiger partial charge in [-0.05, 0) is 64.2 Å². The highest BCUT2D eigenvalue weighted by Gasteiger charge is 2.26. The quantitative estimate of drug-likeness (QED) is 0.0282. The first kappa shape index (κ1) is 49.5. The summed E-state index contributed by atoms with van der Waals surface area (Å²) in [5, 5.41) is 13.6. The molecule has 0 rings (SSSR count). The zero-order valence-electron chi connectivity index (χ0n) is 32.8. The van der Waals surface area contributed by atoms with Crippen molar-refractivity contribution in [1.82, 2.24) is 5.32 Å². The van der Waals surface area contributed by atoms with Crippen LogP contribution in [0.4, 0.5) is 0 Å². The molecule has 3 atom stereocenters. The molecule has 298 valence electrons. The van der Waals surface area contributed by atoms with Crippen molar-refractivity contribution in [3.63, 3.8) is 0 Å². The van der Waals surface area contributed by atoms with Gasteiger partial charge >= 0.3 is 7.82 Å². The van der Waals surface area contributed by atoms with E-state index in [0.717, 1.165) is 57.8 Å². The van der Waals surface area contributed by atoms with Crippen LogP contribution in [-0.4, -0.2) is 47.8 Å². The van der Waals surface area contributed by atoms with Crippen LogP contribution in [-0.2, 0) is 18.4 Å². The van der Waals surface area contributed by atoms with Crippen molar-refractivity contribution in [2.45, 2.75) is 193 Å². The Morgan fingerprint density at radius 2 is 1.10 bits per heavy atom. The van der Waals surface area contributed by atoms with Gasteiger partial charge in [0.15, 0.2) is 0 Å². The summed E-state index contributed by atoms with van der Waals surface area (Å²) < 4.78 is 22.1. The lowest BCUT2D eigenvalue weighted by atomic mass is 10.1. The fraction of sp³-hybridized carbons (Fsp3) is 0.786. The molecule has 9 heteroatoms. The number of amides is 1. The van der Waals surface area contributed by atoms with Gasteiger partial charge < -0.3 is 21.1 Å². The number of carbonyl (C=O) groups is 1. The molecular weight excluding hydrogens is 659 g/mol. The van der Waals surface area contributed by atoms with Crippen molar-refractivity contribution in [3.8, 4) is 0 Å². The Labute approximate surface area is 313 Å². The maximum absolute atomic E-state index is 12.7. The molecule has 0 saturated carbocycles. The molecule has 0 aliphatic carbocycles. The number of hydrogen-bond donors (Lipinski definition) is 4. The highest BCUT2D eigenvalue weighted by molar-refractivity contribution is 7.47. The SMILES string of the molecule is CCCCCC/C=C\C/C=C\CCCCCCCCCC(=O)NC(COP(=O)(O)OCCN)C(O)/C=C/CC/C=C/CCCCCCCCCC. The predicted octanol–water partition coefficient (Wildman–Crippen LogP) is 11.3. The average Bonchev–Trinajstić information content (AvgIpc) is 3.12. The fourth-order valence-electron chi connectivity index (χ4n) is 5.71. The molecule has 0 aromatic rings. The third kappa shape index (κ3) is 36.6. The van der Waals surface area contributed by atoms with Gasteiger partial charge in [0.25, 0.3) is 0 Å². The Kier molecular flexibility index (Phi) is 37.0. The lowest BCUT2D eigenvalue weighted by molar-refractivity contribution is -0.123. The van der Waals surface area contributed by atoms with Gasteiger partial charge in [0, 0.05) is 13.0 Å². The molecule has 0 saturated heterocycles. The van der Waals surface area contributed by atoms with Gasteiger partial charge in [0.1, 0.15) is 0 Å². The number of phosphoric ester groups is 1. The van der Waals surface area contributed by atoms with Crippen LogP contribution in [0.1, 0.15) is 181 Å². The number of unbranched alkanes of at least 4 members (excludes halogenated alkanes) is 20. The first-order valence-electron chi connectivity index (χ1n) is 20.8. The topological polar surface area (TPSA) is 131 Å². The largest absolute Gasteiger partial charge is 0.472 e. The lowest BCUT2D eigenvalue weighted by Crippen LogP contribution is -2.45. The number of phosphoric acid groups is 1. The van der Waals surface area contributed by atoms with Crippen LogP contribution >= 0.6 is 7.82 Å². The standard InChI is InChI=1S/C42H79N2O6P/c1-3-5-7-9-11-13-15-17-19-20-21-22-24-26-28-30-32-34-36-42(46)44-40(39-50-51(47,48)49-38-37-43)41(45)35-33-31-29-27-25-23-18-16-14-12-10-8-6-4-2/h13,15,19-20,25,27,33,35,40-41,45H,3-12,14,16-18,21-24,26,28-32,34,36-39,43H2,1-2H3,(H,44,46)(H,47,48)/b15-13-,20-19-,27-25+,35-33+. The lowest BCUT2D eigenvalue weighted by Gasteiger charge is -2.23. The Morgan fingerprint density at radius 1 is 0.647 bits per heavy atom. The maximum atomic E-state index is 12.7. The predicted molar refractivity (Wildman–Crippen MR) is 217 cm³/mol. The van der Waals surface area contributed by atoms with E-state index in [1.165, 1.54) is 103 Å². The third-order valence-electron chi connectivity index (χ3n) is 8.88. The number of allylic oxidation sites excluding steroid dienone is 7. The van der Waals surface area contributed by atoms with Crippen molar-refractivity contribution in [2.75, 3.05) is 19.8 Å². The maximum Gasteiger partial charge on any atom is 0.472 e. The van der Waals surface area contributed by atoms with E-state index in [1.807, 2.05) is 6.08 Å². The van der Waals surface area contributed by atoms with E-state index in [1.54, 1.807) is 6.08 Å². The van der Waals surface area contributed by atoms with Gasteiger partial charge in [0.2, 0.25) is 5.91 Å². The zero-order valence-corrected chi connectivity index (χ0v) is 33.7. The summed E-state index contributed by atoms with van der Waals surface area (Å²) >= 11 is 0. The molecule has 3 unspecified atom stereocenters. The minimum Gasteiger partial charge on any atom is -0.387 e. The first-order chi connectivity index (χ1) is 24.9. The number of aliphatic hydroxyl groups excluding tert-OH is 1. The van der Waals surface area contributed by atoms with Crippen LogP contribution in [0.2, 0.25) is 0 Å². The van der Waals surface area contributed by atoms with Crippen molar-refractivity contribution < 1.29 is 28.4 Å². The molecule has 5 N–H and O–H groups in total. The Morgan fingerprint density at radius 3 is 1.65 bits per heavy atom. The second-order valence-electron chi connectivity index (χ2n) is 13.8. The number of rotatable bonds is 38. The summed E-state index contributed by atoms with van der Waals surface area (Å²) in [5.41, 5.74) is 5.36. The smallest absolute Gasteiger partial charge is 0.387 e. The van der Waals surface area contributed by atoms with E-state index < -0.39 is 20.0 Å². The van der Waals surface area contributed by atoms with E-state index in [9.17, 15) is 19.4 Å². The minimum absolute atomic E-state index is 0.0712. The first-order valence-corrected chi connectivity index (χ1v) is 22.3. The third-order valence-corrected chi connectivity index (χ3v) is 9.86. The van der Waals surface area contributed by atoms with Crippen LogP contribution in [0.5, 0.6) is 0 Å². The molecular formula is C42H79N2O6P. The van der Waals surface area contributed by atoms with Crippen LogP contribution in [0.3, 0.4) is 0 Å². The Hall–Kier alpha value is -1.54. The molecule has 0 heterocycles. The minimum atomic E-state index is -4.35. The van der Waals surface area contributed by atoms with Gasteiger partial charge in [-0.15, -0.1) is 0 Å². The second-order valence-corrected chi connectivity index (χ2v) is 15.3. The zero-order chi connectivity index (χ0) is 37.5. The summed E-state index contributed by atoms with van der Waals surface area (Å²) in [6.07, 6.45) is 45.8. The summed E-state index contributed by atoms with van der Waals surface area (Å²) in [5.74, 6) is -0.214. The molecule has 0 aromatic carbocycles. The molecule has 0 aromatic heterocycles. The summed E-state index contributed by atoms with van der Waals surface area (Å²) in [7, 11) is -4.35. The van der Waals surface area contributed by atoms with Crippen LogP contribution in [0.25, 0.3) is 0 Å². The summed E-state index contributed by atoms with van der Waals surface area (Å²) in [6.45, 7) is 4.07. The van der Waals surface area contributed by atoms with E-state index in [2.05, 4.69) is 55.6 Å². The number of aliphatic hydroxyl groups is 1. The molecule has 0 fully saturated rings. The number of nitrogens with one attached hydrogen (secondary N) is 1. The monoisotopic (exact) mass is 739 g/mol. The molecule has 0 radical (unpaired) electrons. The van der Waals surface area contributed by atoms with Crippen molar-refractivity contribution in [1.29, 1.82) is 0 Å². The van der Waals surface area contributed by atoms with E-state index in [0.29, 0.717) is 6.42 Å². The molecule has 0 aliphatic rings. The Bertz CT molecular complexity index is 938. The highest BCUT2D eigenvalue weighted by Crippen LogP contribution is 2.43. The van der Waals surface area contributed by atoms with Gasteiger partial charge in [-0.25, -0.2) is 4.57 Å². The van der Waals surface area contributed by atoms with Crippen molar-refractivity contribution >= 4 is 13.7 Å². The van der Waals surface area contributed by atoms with E-state index in [-0.39, 0.29) is 25.7 Å².